The molecule has 0 atom stereocenters. The lowest BCUT2D eigenvalue weighted by Crippen LogP contribution is -2.13. The van der Waals surface area contributed by atoms with Crippen molar-refractivity contribution < 1.29 is 4.74 Å². The van der Waals surface area contributed by atoms with Crippen LogP contribution < -0.4 is 10.9 Å². The number of hydrogen-bond acceptors (Lipinski definition) is 4. The number of ether oxygens (including phenoxy) is 1. The Bertz CT molecular complexity index is 353. The second-order valence-electron chi connectivity index (χ2n) is 3.02. The minimum absolute atomic E-state index is 0.176. The van der Waals surface area contributed by atoms with Gasteiger partial charge in [0.25, 0.3) is 5.56 Å². The molecule has 0 radical (unpaired) electrons. The van der Waals surface area contributed by atoms with Crippen LogP contribution in [0.15, 0.2) is 15.6 Å². The molecule has 0 amide bonds. The molecule has 0 bridgehead atoms. The molecule has 1 aromatic rings. The summed E-state index contributed by atoms with van der Waals surface area (Å²) >= 11 is 3.17. The average Bonchev–Trinajstić information content (AvgIpc) is 2.24. The van der Waals surface area contributed by atoms with Crippen molar-refractivity contribution in [3.8, 4) is 0 Å². The van der Waals surface area contributed by atoms with E-state index in [1.807, 2.05) is 0 Å². The van der Waals surface area contributed by atoms with Crippen LogP contribution in [-0.2, 0) is 4.74 Å². The second kappa shape index (κ2) is 6.58. The molecule has 1 rings (SSSR count). The van der Waals surface area contributed by atoms with E-state index in [9.17, 15) is 4.79 Å². The second-order valence-corrected chi connectivity index (χ2v) is 3.81. The van der Waals surface area contributed by atoms with E-state index in [4.69, 9.17) is 4.74 Å². The van der Waals surface area contributed by atoms with Gasteiger partial charge in [-0.3, -0.25) is 4.79 Å². The van der Waals surface area contributed by atoms with Crippen molar-refractivity contribution in [1.82, 2.24) is 9.97 Å². The molecule has 6 heteroatoms. The average molecular weight is 276 g/mol. The fraction of sp³-hybridized carbons (Fsp3) is 0.556. The van der Waals surface area contributed by atoms with Crippen LogP contribution in [0.1, 0.15) is 12.8 Å². The van der Waals surface area contributed by atoms with E-state index < -0.39 is 0 Å². The van der Waals surface area contributed by atoms with Crippen LogP contribution in [0.2, 0.25) is 0 Å². The van der Waals surface area contributed by atoms with E-state index in [-0.39, 0.29) is 5.56 Å². The van der Waals surface area contributed by atoms with E-state index in [1.165, 1.54) is 6.33 Å². The zero-order valence-corrected chi connectivity index (χ0v) is 10.1. The Morgan fingerprint density at radius 1 is 1.60 bits per heavy atom. The summed E-state index contributed by atoms with van der Waals surface area (Å²) in [5, 5.41) is 3.08. The summed E-state index contributed by atoms with van der Waals surface area (Å²) < 4.78 is 5.37. The lowest BCUT2D eigenvalue weighted by molar-refractivity contribution is 0.194. The predicted octanol–water partition coefficient (Wildman–Crippen LogP) is 1.37. The molecule has 84 valence electrons. The Labute approximate surface area is 96.4 Å². The normalized spacial score (nSPS) is 10.3. The summed E-state index contributed by atoms with van der Waals surface area (Å²) in [7, 11) is 1.68. The summed E-state index contributed by atoms with van der Waals surface area (Å²) in [6, 6.07) is 0. The zero-order valence-electron chi connectivity index (χ0n) is 8.55. The van der Waals surface area contributed by atoms with E-state index in [0.717, 1.165) is 26.0 Å². The van der Waals surface area contributed by atoms with E-state index in [0.29, 0.717) is 10.3 Å². The molecule has 0 saturated heterocycles. The van der Waals surface area contributed by atoms with Gasteiger partial charge in [0.15, 0.2) is 0 Å². The number of rotatable bonds is 6. The first-order chi connectivity index (χ1) is 7.25. The van der Waals surface area contributed by atoms with Gasteiger partial charge < -0.3 is 15.0 Å². The van der Waals surface area contributed by atoms with Gasteiger partial charge in [-0.15, -0.1) is 0 Å². The molecule has 0 spiro atoms. The van der Waals surface area contributed by atoms with Crippen LogP contribution in [0, 0.1) is 0 Å². The molecule has 0 fully saturated rings. The molecule has 0 unspecified atom stereocenters. The lowest BCUT2D eigenvalue weighted by Gasteiger charge is -2.05. The van der Waals surface area contributed by atoms with Gasteiger partial charge in [0.2, 0.25) is 0 Å². The molecule has 0 aliphatic heterocycles. The summed E-state index contributed by atoms with van der Waals surface area (Å²) in [6.07, 6.45) is 3.35. The number of nitrogens with one attached hydrogen (secondary N) is 2. The predicted molar refractivity (Wildman–Crippen MR) is 62.2 cm³/mol. The van der Waals surface area contributed by atoms with Crippen molar-refractivity contribution in [2.75, 3.05) is 25.6 Å². The summed E-state index contributed by atoms with van der Waals surface area (Å²) in [4.78, 5) is 17.7. The molecule has 1 heterocycles. The summed E-state index contributed by atoms with van der Waals surface area (Å²) in [5.41, 5.74) is -0.176. The van der Waals surface area contributed by atoms with Crippen molar-refractivity contribution in [2.45, 2.75) is 12.8 Å². The highest BCUT2D eigenvalue weighted by Gasteiger charge is 2.03. The van der Waals surface area contributed by atoms with E-state index in [1.54, 1.807) is 7.11 Å². The third-order valence-electron chi connectivity index (χ3n) is 1.86. The SMILES string of the molecule is COCCCCNc1nc[nH]c(=O)c1Br. The quantitative estimate of drug-likeness (QED) is 0.770. The van der Waals surface area contributed by atoms with Crippen molar-refractivity contribution in [1.29, 1.82) is 0 Å². The number of aromatic nitrogens is 2. The molecular weight excluding hydrogens is 262 g/mol. The van der Waals surface area contributed by atoms with Gasteiger partial charge >= 0.3 is 0 Å². The van der Waals surface area contributed by atoms with Crippen molar-refractivity contribution in [3.63, 3.8) is 0 Å². The van der Waals surface area contributed by atoms with Crippen LogP contribution >= 0.6 is 15.9 Å². The van der Waals surface area contributed by atoms with Crippen LogP contribution in [0.4, 0.5) is 5.82 Å². The van der Waals surface area contributed by atoms with Crippen LogP contribution in [0.25, 0.3) is 0 Å². The van der Waals surface area contributed by atoms with Crippen LogP contribution in [-0.4, -0.2) is 30.2 Å². The Morgan fingerprint density at radius 2 is 2.40 bits per heavy atom. The number of methoxy groups -OCH3 is 1. The molecule has 0 aromatic carbocycles. The fourth-order valence-corrected chi connectivity index (χ4v) is 1.44. The van der Waals surface area contributed by atoms with Crippen LogP contribution in [0.5, 0.6) is 0 Å². The largest absolute Gasteiger partial charge is 0.385 e. The fourth-order valence-electron chi connectivity index (χ4n) is 1.08. The highest BCUT2D eigenvalue weighted by Crippen LogP contribution is 2.12. The monoisotopic (exact) mass is 275 g/mol. The molecule has 5 nitrogen and oxygen atoms in total. The maximum absolute atomic E-state index is 11.2. The number of aromatic amines is 1. The van der Waals surface area contributed by atoms with Gasteiger partial charge in [-0.2, -0.15) is 0 Å². The summed E-state index contributed by atoms with van der Waals surface area (Å²) in [5.74, 6) is 0.580. The van der Waals surface area contributed by atoms with Gasteiger partial charge in [0.05, 0.1) is 6.33 Å². The lowest BCUT2D eigenvalue weighted by atomic mass is 10.3. The minimum Gasteiger partial charge on any atom is -0.385 e. The first-order valence-electron chi connectivity index (χ1n) is 4.71. The number of nitrogens with zero attached hydrogens (tertiary/aromatic N) is 1. The molecule has 0 aliphatic carbocycles. The standard InChI is InChI=1S/C9H14BrN3O2/c1-15-5-3-2-4-11-8-7(10)9(14)13-6-12-8/h6H,2-5H2,1H3,(H2,11,12,13,14). The maximum atomic E-state index is 11.2. The first-order valence-corrected chi connectivity index (χ1v) is 5.51. The Morgan fingerprint density at radius 3 is 3.13 bits per heavy atom. The number of halogens is 1. The Kier molecular flexibility index (Phi) is 5.34. The molecule has 2 N–H and O–H groups in total. The topological polar surface area (TPSA) is 67.0 Å². The van der Waals surface area contributed by atoms with Crippen molar-refractivity contribution in [2.24, 2.45) is 0 Å². The highest BCUT2D eigenvalue weighted by atomic mass is 79.9. The minimum atomic E-state index is -0.176. The Hall–Kier alpha value is -0.880. The van der Waals surface area contributed by atoms with Gasteiger partial charge in [-0.05, 0) is 28.8 Å². The first kappa shape index (κ1) is 12.2. The van der Waals surface area contributed by atoms with E-state index in [2.05, 4.69) is 31.2 Å². The maximum Gasteiger partial charge on any atom is 0.267 e. The number of anilines is 1. The van der Waals surface area contributed by atoms with Gasteiger partial charge in [0, 0.05) is 20.3 Å². The van der Waals surface area contributed by atoms with Crippen LogP contribution in [0.3, 0.4) is 0 Å². The summed E-state index contributed by atoms with van der Waals surface area (Å²) in [6.45, 7) is 1.53. The third-order valence-corrected chi connectivity index (χ3v) is 2.60. The van der Waals surface area contributed by atoms with Crippen molar-refractivity contribution >= 4 is 21.7 Å². The smallest absolute Gasteiger partial charge is 0.267 e. The molecule has 15 heavy (non-hydrogen) atoms. The van der Waals surface area contributed by atoms with Gasteiger partial charge in [0.1, 0.15) is 10.3 Å². The van der Waals surface area contributed by atoms with Gasteiger partial charge in [-0.1, -0.05) is 0 Å². The van der Waals surface area contributed by atoms with Crippen molar-refractivity contribution in [3.05, 3.63) is 21.2 Å². The Balaban J connectivity index is 2.38. The third kappa shape index (κ3) is 4.01. The number of hydrogen-bond donors (Lipinski definition) is 2. The van der Waals surface area contributed by atoms with E-state index >= 15 is 0 Å². The zero-order chi connectivity index (χ0) is 11.1. The molecule has 0 aliphatic rings. The molecule has 0 saturated carbocycles. The molecule has 1 aromatic heterocycles. The number of unbranched alkanes of at least 4 members (excludes halogenated alkanes) is 1. The highest BCUT2D eigenvalue weighted by molar-refractivity contribution is 9.10. The molecular formula is C9H14BrN3O2. The van der Waals surface area contributed by atoms with Gasteiger partial charge in [-0.25, -0.2) is 4.98 Å². The number of H-pyrrole nitrogens is 1.